The smallest absolute Gasteiger partial charge is 0.288 e. The normalized spacial score (nSPS) is 9.65. The zero-order valence-electron chi connectivity index (χ0n) is 9.09. The molecule has 2 rings (SSSR count). The van der Waals surface area contributed by atoms with Crippen LogP contribution in [0.4, 0.5) is 5.69 Å². The molecule has 0 unspecified atom stereocenters. The van der Waals surface area contributed by atoms with Crippen LogP contribution in [-0.4, -0.2) is 12.2 Å². The molecule has 0 aromatic heterocycles. The number of hydrogen-bond acceptors (Lipinski definition) is 2. The number of amides is 1. The van der Waals surface area contributed by atoms with E-state index >= 15 is 0 Å². The maximum atomic E-state index is 11.1. The number of hydrogen-bond donors (Lipinski definition) is 1. The summed E-state index contributed by atoms with van der Waals surface area (Å²) in [7, 11) is 0. The van der Waals surface area contributed by atoms with Crippen molar-refractivity contribution in [1.82, 2.24) is 0 Å². The first-order valence-corrected chi connectivity index (χ1v) is 5.22. The van der Waals surface area contributed by atoms with Crippen molar-refractivity contribution < 1.29 is 9.59 Å². The largest absolute Gasteiger partial charge is 0.319 e. The average molecular weight is 225 g/mol. The zero-order valence-corrected chi connectivity index (χ0v) is 9.09. The number of nitrogens with one attached hydrogen (secondary N) is 1. The lowest BCUT2D eigenvalue weighted by atomic mass is 10.0. The number of para-hydroxylation sites is 1. The van der Waals surface area contributed by atoms with E-state index in [1.807, 2.05) is 48.5 Å². The third kappa shape index (κ3) is 2.58. The number of aldehydes is 1. The van der Waals surface area contributed by atoms with Gasteiger partial charge in [-0.3, -0.25) is 9.59 Å². The van der Waals surface area contributed by atoms with Gasteiger partial charge in [-0.2, -0.15) is 0 Å². The highest BCUT2D eigenvalue weighted by atomic mass is 16.2. The van der Waals surface area contributed by atoms with Crippen molar-refractivity contribution in [3.8, 4) is 11.1 Å². The van der Waals surface area contributed by atoms with E-state index in [2.05, 4.69) is 5.32 Å². The second kappa shape index (κ2) is 5.07. The van der Waals surface area contributed by atoms with Gasteiger partial charge in [0.05, 0.1) is 0 Å². The van der Waals surface area contributed by atoms with Gasteiger partial charge < -0.3 is 5.32 Å². The molecule has 0 aliphatic rings. The molecular formula is C14H11NO2. The minimum atomic E-state index is -0.645. The third-order valence-electron chi connectivity index (χ3n) is 2.38. The van der Waals surface area contributed by atoms with Gasteiger partial charge in [0.25, 0.3) is 5.91 Å². The summed E-state index contributed by atoms with van der Waals surface area (Å²) in [6.07, 6.45) is 0.266. The Hall–Kier alpha value is -2.42. The van der Waals surface area contributed by atoms with E-state index in [4.69, 9.17) is 0 Å². The van der Waals surface area contributed by atoms with Crippen molar-refractivity contribution in [2.45, 2.75) is 0 Å². The summed E-state index contributed by atoms with van der Waals surface area (Å²) < 4.78 is 0. The summed E-state index contributed by atoms with van der Waals surface area (Å²) in [4.78, 5) is 21.4. The van der Waals surface area contributed by atoms with Gasteiger partial charge >= 0.3 is 0 Å². The lowest BCUT2D eigenvalue weighted by Crippen LogP contribution is -2.12. The highest BCUT2D eigenvalue weighted by Gasteiger charge is 2.06. The van der Waals surface area contributed by atoms with Crippen molar-refractivity contribution in [3.63, 3.8) is 0 Å². The van der Waals surface area contributed by atoms with E-state index in [0.717, 1.165) is 11.1 Å². The van der Waals surface area contributed by atoms with Crippen LogP contribution in [0, 0.1) is 0 Å². The quantitative estimate of drug-likeness (QED) is 0.644. The molecule has 3 nitrogen and oxygen atoms in total. The number of rotatable bonds is 3. The van der Waals surface area contributed by atoms with Crippen LogP contribution in [0.25, 0.3) is 11.1 Å². The fourth-order valence-electron chi connectivity index (χ4n) is 1.62. The maximum Gasteiger partial charge on any atom is 0.288 e. The molecule has 17 heavy (non-hydrogen) atoms. The van der Waals surface area contributed by atoms with Crippen LogP contribution in [0.3, 0.4) is 0 Å². The molecular weight excluding hydrogens is 214 g/mol. The molecule has 0 aliphatic carbocycles. The molecule has 84 valence electrons. The second-order valence-electron chi connectivity index (χ2n) is 3.52. The highest BCUT2D eigenvalue weighted by Crippen LogP contribution is 2.27. The minimum Gasteiger partial charge on any atom is -0.319 e. The first-order chi connectivity index (χ1) is 8.31. The molecule has 1 N–H and O–H groups in total. The van der Waals surface area contributed by atoms with Crippen LogP contribution in [0.5, 0.6) is 0 Å². The van der Waals surface area contributed by atoms with Crippen molar-refractivity contribution in [2.24, 2.45) is 0 Å². The molecule has 0 saturated heterocycles. The van der Waals surface area contributed by atoms with Crippen molar-refractivity contribution >= 4 is 17.9 Å². The van der Waals surface area contributed by atoms with E-state index in [0.29, 0.717) is 5.69 Å². The van der Waals surface area contributed by atoms with Gasteiger partial charge in [-0.25, -0.2) is 0 Å². The molecule has 0 saturated carbocycles. The Labute approximate surface area is 99.1 Å². The summed E-state index contributed by atoms with van der Waals surface area (Å²) in [6, 6.07) is 17.0. The number of benzene rings is 2. The molecule has 1 amide bonds. The zero-order chi connectivity index (χ0) is 12.1. The van der Waals surface area contributed by atoms with Crippen LogP contribution < -0.4 is 5.32 Å². The maximum absolute atomic E-state index is 11.1. The average Bonchev–Trinajstić information content (AvgIpc) is 2.40. The van der Waals surface area contributed by atoms with E-state index in [-0.39, 0.29) is 6.29 Å². The van der Waals surface area contributed by atoms with Crippen LogP contribution in [0.15, 0.2) is 54.6 Å². The molecule has 0 radical (unpaired) electrons. The fraction of sp³-hybridized carbons (Fsp3) is 0. The Morgan fingerprint density at radius 3 is 2.29 bits per heavy atom. The minimum absolute atomic E-state index is 0.266. The van der Waals surface area contributed by atoms with Crippen LogP contribution in [-0.2, 0) is 9.59 Å². The summed E-state index contributed by atoms with van der Waals surface area (Å²) >= 11 is 0. The Morgan fingerprint density at radius 1 is 0.941 bits per heavy atom. The fourth-order valence-corrected chi connectivity index (χ4v) is 1.62. The topological polar surface area (TPSA) is 46.2 Å². The lowest BCUT2D eigenvalue weighted by Gasteiger charge is -2.09. The molecule has 0 spiro atoms. The van der Waals surface area contributed by atoms with Gasteiger partial charge in [-0.1, -0.05) is 48.5 Å². The Kier molecular flexibility index (Phi) is 3.31. The summed E-state index contributed by atoms with van der Waals surface area (Å²) in [5, 5.41) is 2.55. The van der Waals surface area contributed by atoms with Gasteiger partial charge in [0.2, 0.25) is 6.29 Å². The van der Waals surface area contributed by atoms with Gasteiger partial charge in [0.1, 0.15) is 0 Å². The van der Waals surface area contributed by atoms with Gasteiger partial charge in [-0.15, -0.1) is 0 Å². The number of carbonyl (C=O) groups excluding carboxylic acids is 2. The van der Waals surface area contributed by atoms with Crippen molar-refractivity contribution in [1.29, 1.82) is 0 Å². The SMILES string of the molecule is O=CC(=O)Nc1ccccc1-c1ccccc1. The van der Waals surface area contributed by atoms with Gasteiger partial charge in [-0.05, 0) is 11.6 Å². The number of carbonyl (C=O) groups is 2. The van der Waals surface area contributed by atoms with E-state index in [9.17, 15) is 9.59 Å². The van der Waals surface area contributed by atoms with Gasteiger partial charge in [0, 0.05) is 11.3 Å². The summed E-state index contributed by atoms with van der Waals surface area (Å²) in [6.45, 7) is 0. The lowest BCUT2D eigenvalue weighted by molar-refractivity contribution is -0.127. The molecule has 0 aliphatic heterocycles. The first kappa shape index (κ1) is 11.1. The number of anilines is 1. The van der Waals surface area contributed by atoms with Gasteiger partial charge in [0.15, 0.2) is 0 Å². The van der Waals surface area contributed by atoms with Crippen LogP contribution >= 0.6 is 0 Å². The van der Waals surface area contributed by atoms with Crippen molar-refractivity contribution in [2.75, 3.05) is 5.32 Å². The second-order valence-corrected chi connectivity index (χ2v) is 3.52. The van der Waals surface area contributed by atoms with Crippen molar-refractivity contribution in [3.05, 3.63) is 54.6 Å². The molecule has 0 heterocycles. The third-order valence-corrected chi connectivity index (χ3v) is 2.38. The predicted octanol–water partition coefficient (Wildman–Crippen LogP) is 2.49. The monoisotopic (exact) mass is 225 g/mol. The van der Waals surface area contributed by atoms with Crippen LogP contribution in [0.1, 0.15) is 0 Å². The van der Waals surface area contributed by atoms with E-state index in [1.54, 1.807) is 6.07 Å². The molecule has 3 heteroatoms. The standard InChI is InChI=1S/C14H11NO2/c16-10-14(17)15-13-9-5-4-8-12(13)11-6-2-1-3-7-11/h1-10H,(H,15,17). The molecule has 2 aromatic carbocycles. The Bertz CT molecular complexity index is 535. The summed E-state index contributed by atoms with van der Waals surface area (Å²) in [5.74, 6) is -0.645. The predicted molar refractivity (Wildman–Crippen MR) is 66.6 cm³/mol. The highest BCUT2D eigenvalue weighted by molar-refractivity contribution is 6.29. The molecule has 0 fully saturated rings. The van der Waals surface area contributed by atoms with E-state index in [1.165, 1.54) is 0 Å². The van der Waals surface area contributed by atoms with E-state index < -0.39 is 5.91 Å². The Balaban J connectivity index is 2.41. The first-order valence-electron chi connectivity index (χ1n) is 5.22. The summed E-state index contributed by atoms with van der Waals surface area (Å²) in [5.41, 5.74) is 2.52. The molecule has 2 aromatic rings. The van der Waals surface area contributed by atoms with Crippen LogP contribution in [0.2, 0.25) is 0 Å². The molecule has 0 bridgehead atoms. The molecule has 0 atom stereocenters. The Morgan fingerprint density at radius 2 is 1.59 bits per heavy atom.